The fraction of sp³-hybridized carbons (Fsp3) is 0.812. The Morgan fingerprint density at radius 2 is 2.06 bits per heavy atom. The first-order valence-electron chi connectivity index (χ1n) is 7.24. The molecule has 3 saturated carbocycles. The van der Waals surface area contributed by atoms with Crippen molar-refractivity contribution in [2.24, 2.45) is 22.7 Å². The summed E-state index contributed by atoms with van der Waals surface area (Å²) in [7, 11) is 0. The van der Waals surface area contributed by atoms with Gasteiger partial charge in [0.2, 0.25) is 0 Å². The maximum atomic E-state index is 11.3. The Morgan fingerprint density at radius 3 is 2.72 bits per heavy atom. The molecule has 3 aliphatic rings. The molecule has 18 heavy (non-hydrogen) atoms. The lowest BCUT2D eigenvalue weighted by Gasteiger charge is -2.48. The zero-order valence-electron chi connectivity index (χ0n) is 11.8. The minimum atomic E-state index is -0.117. The summed E-state index contributed by atoms with van der Waals surface area (Å²) >= 11 is 0. The van der Waals surface area contributed by atoms with Gasteiger partial charge in [-0.25, -0.2) is 0 Å². The van der Waals surface area contributed by atoms with Crippen LogP contribution in [-0.2, 0) is 9.53 Å². The smallest absolute Gasteiger partial charge is 0.302 e. The number of rotatable bonds is 1. The Kier molecular flexibility index (Phi) is 2.46. The number of fused-ring (bicyclic) bond motifs is 1. The fourth-order valence-corrected chi connectivity index (χ4v) is 5.06. The van der Waals surface area contributed by atoms with Crippen LogP contribution in [0.3, 0.4) is 0 Å². The largest absolute Gasteiger partial charge is 0.462 e. The molecule has 2 heteroatoms. The highest BCUT2D eigenvalue weighted by Crippen LogP contribution is 2.68. The molecule has 0 unspecified atom stereocenters. The van der Waals surface area contributed by atoms with Crippen LogP contribution in [0.5, 0.6) is 0 Å². The molecule has 3 aliphatic carbocycles. The van der Waals surface area contributed by atoms with Gasteiger partial charge in [0.25, 0.3) is 0 Å². The summed E-state index contributed by atoms with van der Waals surface area (Å²) in [5, 5.41) is 0. The molecule has 0 aromatic carbocycles. The second-order valence-electron chi connectivity index (χ2n) is 7.15. The van der Waals surface area contributed by atoms with E-state index in [1.165, 1.54) is 31.8 Å². The van der Waals surface area contributed by atoms with E-state index in [4.69, 9.17) is 4.74 Å². The number of carbonyl (C=O) groups is 1. The van der Waals surface area contributed by atoms with Crippen LogP contribution in [-0.4, -0.2) is 12.1 Å². The Morgan fingerprint density at radius 1 is 1.33 bits per heavy atom. The fourth-order valence-electron chi connectivity index (χ4n) is 5.06. The van der Waals surface area contributed by atoms with Crippen molar-refractivity contribution in [2.45, 2.75) is 59.0 Å². The van der Waals surface area contributed by atoms with Crippen LogP contribution >= 0.6 is 0 Å². The van der Waals surface area contributed by atoms with Gasteiger partial charge < -0.3 is 4.74 Å². The molecule has 0 radical (unpaired) electrons. The van der Waals surface area contributed by atoms with Gasteiger partial charge in [-0.2, -0.15) is 0 Å². The molecule has 0 heterocycles. The topological polar surface area (TPSA) is 26.3 Å². The maximum Gasteiger partial charge on any atom is 0.302 e. The average Bonchev–Trinajstić information content (AvgIpc) is 2.83. The van der Waals surface area contributed by atoms with Crippen molar-refractivity contribution in [2.75, 3.05) is 0 Å². The average molecular weight is 248 g/mol. The quantitative estimate of drug-likeness (QED) is 0.522. The van der Waals surface area contributed by atoms with Gasteiger partial charge in [0.1, 0.15) is 6.10 Å². The van der Waals surface area contributed by atoms with E-state index in [0.717, 1.165) is 18.8 Å². The molecule has 4 atom stereocenters. The lowest BCUT2D eigenvalue weighted by molar-refractivity contribution is -0.153. The second kappa shape index (κ2) is 3.61. The lowest BCUT2D eigenvalue weighted by Crippen LogP contribution is -2.44. The van der Waals surface area contributed by atoms with E-state index < -0.39 is 0 Å². The van der Waals surface area contributed by atoms with Crippen molar-refractivity contribution >= 4 is 5.97 Å². The zero-order valence-corrected chi connectivity index (χ0v) is 11.8. The monoisotopic (exact) mass is 248 g/mol. The second-order valence-corrected chi connectivity index (χ2v) is 7.15. The van der Waals surface area contributed by atoms with Crippen LogP contribution in [0.15, 0.2) is 12.2 Å². The van der Waals surface area contributed by atoms with E-state index in [1.54, 1.807) is 0 Å². The van der Waals surface area contributed by atoms with E-state index >= 15 is 0 Å². The van der Waals surface area contributed by atoms with Crippen molar-refractivity contribution in [3.05, 3.63) is 12.2 Å². The van der Waals surface area contributed by atoms with Crippen molar-refractivity contribution in [3.63, 3.8) is 0 Å². The summed E-state index contributed by atoms with van der Waals surface area (Å²) in [5.74, 6) is 1.20. The van der Waals surface area contributed by atoms with Crippen LogP contribution < -0.4 is 0 Å². The predicted molar refractivity (Wildman–Crippen MR) is 71.0 cm³/mol. The van der Waals surface area contributed by atoms with Crippen molar-refractivity contribution in [3.8, 4) is 0 Å². The third kappa shape index (κ3) is 1.38. The molecule has 0 saturated heterocycles. The van der Waals surface area contributed by atoms with Crippen molar-refractivity contribution in [1.29, 1.82) is 0 Å². The van der Waals surface area contributed by atoms with Gasteiger partial charge in [-0.15, -0.1) is 0 Å². The van der Waals surface area contributed by atoms with E-state index in [2.05, 4.69) is 20.4 Å². The first-order valence-corrected chi connectivity index (χ1v) is 7.24. The first kappa shape index (κ1) is 12.3. The Labute approximate surface area is 110 Å². The SMILES string of the molecule is C=C1[C@H]2CC[C@@H](OC(C)=O)[C@@]23CC[C@H](C3)C1(C)C. The molecule has 2 nitrogen and oxygen atoms in total. The number of allylic oxidation sites excluding steroid dienone is 1. The third-order valence-electron chi connectivity index (χ3n) is 6.21. The van der Waals surface area contributed by atoms with Gasteiger partial charge in [-0.05, 0) is 49.4 Å². The molecular weight excluding hydrogens is 224 g/mol. The molecule has 0 aromatic heterocycles. The zero-order chi connectivity index (χ0) is 13.1. The highest BCUT2D eigenvalue weighted by molar-refractivity contribution is 5.66. The highest BCUT2D eigenvalue weighted by atomic mass is 16.5. The van der Waals surface area contributed by atoms with Gasteiger partial charge in [-0.3, -0.25) is 4.79 Å². The van der Waals surface area contributed by atoms with Crippen molar-refractivity contribution < 1.29 is 9.53 Å². The minimum absolute atomic E-state index is 0.117. The number of carbonyl (C=O) groups excluding carboxylic acids is 1. The van der Waals surface area contributed by atoms with Crippen LogP contribution in [0.4, 0.5) is 0 Å². The van der Waals surface area contributed by atoms with Crippen LogP contribution in [0, 0.1) is 22.7 Å². The van der Waals surface area contributed by atoms with E-state index in [0.29, 0.717) is 5.92 Å². The summed E-state index contributed by atoms with van der Waals surface area (Å²) in [6.45, 7) is 10.7. The normalized spacial score (nSPS) is 44.8. The molecule has 3 fully saturated rings. The summed E-state index contributed by atoms with van der Waals surface area (Å²) in [6, 6.07) is 0. The first-order chi connectivity index (χ1) is 8.38. The summed E-state index contributed by atoms with van der Waals surface area (Å²) in [5.41, 5.74) is 1.93. The van der Waals surface area contributed by atoms with Gasteiger partial charge in [-0.1, -0.05) is 26.0 Å². The molecule has 2 bridgehead atoms. The Hall–Kier alpha value is -0.790. The van der Waals surface area contributed by atoms with E-state index in [1.807, 2.05) is 0 Å². The summed E-state index contributed by atoms with van der Waals surface area (Å²) in [4.78, 5) is 11.3. The Bertz CT molecular complexity index is 409. The van der Waals surface area contributed by atoms with Crippen molar-refractivity contribution in [1.82, 2.24) is 0 Å². The molecule has 0 aliphatic heterocycles. The maximum absolute atomic E-state index is 11.3. The standard InChI is InChI=1S/C16H24O2/c1-10-13-5-6-14(18-11(2)17)16(13)8-7-12(9-16)15(10,3)4/h12-14H,1,5-9H2,2-4H3/t12-,13-,14-,16-/m1/s1. The molecule has 0 N–H and O–H groups in total. The van der Waals surface area contributed by atoms with E-state index in [9.17, 15) is 4.79 Å². The Balaban J connectivity index is 1.95. The molecule has 0 aromatic rings. The van der Waals surface area contributed by atoms with Gasteiger partial charge in [0, 0.05) is 12.3 Å². The lowest BCUT2D eigenvalue weighted by atomic mass is 9.57. The van der Waals surface area contributed by atoms with Crippen LogP contribution in [0.2, 0.25) is 0 Å². The van der Waals surface area contributed by atoms with Crippen LogP contribution in [0.1, 0.15) is 52.9 Å². The van der Waals surface area contributed by atoms with Gasteiger partial charge in [0.15, 0.2) is 0 Å². The molecule has 3 rings (SSSR count). The van der Waals surface area contributed by atoms with Gasteiger partial charge >= 0.3 is 5.97 Å². The van der Waals surface area contributed by atoms with Gasteiger partial charge in [0.05, 0.1) is 0 Å². The molecular formula is C16H24O2. The highest BCUT2D eigenvalue weighted by Gasteiger charge is 2.63. The third-order valence-corrected chi connectivity index (χ3v) is 6.21. The number of hydrogen-bond donors (Lipinski definition) is 0. The predicted octanol–water partition coefficient (Wildman–Crippen LogP) is 3.71. The molecule has 0 amide bonds. The summed E-state index contributed by atoms with van der Waals surface area (Å²) in [6.07, 6.45) is 6.08. The summed E-state index contributed by atoms with van der Waals surface area (Å²) < 4.78 is 5.64. The van der Waals surface area contributed by atoms with Crippen LogP contribution in [0.25, 0.3) is 0 Å². The van der Waals surface area contributed by atoms with E-state index in [-0.39, 0.29) is 22.9 Å². The number of esters is 1. The molecule has 1 spiro atoms. The number of ether oxygens (including phenoxy) is 1. The number of hydrogen-bond acceptors (Lipinski definition) is 2. The minimum Gasteiger partial charge on any atom is -0.462 e. The molecule has 100 valence electrons.